The van der Waals surface area contributed by atoms with E-state index >= 15 is 0 Å². The molecule has 28 heavy (non-hydrogen) atoms. The fourth-order valence-corrected chi connectivity index (χ4v) is 2.66. The van der Waals surface area contributed by atoms with Crippen LogP contribution in [0.2, 0.25) is 0 Å². The first-order chi connectivity index (χ1) is 13.6. The van der Waals surface area contributed by atoms with Gasteiger partial charge in [-0.3, -0.25) is 0 Å². The zero-order chi connectivity index (χ0) is 20.4. The molecule has 150 valence electrons. The molecule has 0 aliphatic rings. The van der Waals surface area contributed by atoms with Crippen molar-refractivity contribution < 1.29 is 28.5 Å². The molecule has 2 rings (SSSR count). The minimum Gasteiger partial charge on any atom is -0.467 e. The molecule has 0 saturated heterocycles. The van der Waals surface area contributed by atoms with Gasteiger partial charge in [-0.05, 0) is 11.1 Å². The van der Waals surface area contributed by atoms with E-state index in [1.54, 1.807) is 14.2 Å². The summed E-state index contributed by atoms with van der Waals surface area (Å²) in [6.07, 6.45) is -0.885. The highest BCUT2D eigenvalue weighted by Gasteiger charge is 2.23. The average molecular weight is 387 g/mol. The van der Waals surface area contributed by atoms with Gasteiger partial charge in [0.25, 0.3) is 0 Å². The smallest absolute Gasteiger partial charge is 0.408 e. The third kappa shape index (κ3) is 6.37. The highest BCUT2D eigenvalue weighted by Crippen LogP contribution is 2.18. The number of benzene rings is 2. The molecule has 0 bridgehead atoms. The lowest BCUT2D eigenvalue weighted by Gasteiger charge is -2.18. The third-order valence-electron chi connectivity index (χ3n) is 4.11. The summed E-state index contributed by atoms with van der Waals surface area (Å²) in [5.74, 6) is -0.549. The summed E-state index contributed by atoms with van der Waals surface area (Å²) in [5, 5.41) is 2.56. The van der Waals surface area contributed by atoms with E-state index in [1.165, 1.54) is 7.11 Å². The maximum Gasteiger partial charge on any atom is 0.408 e. The first kappa shape index (κ1) is 21.4. The van der Waals surface area contributed by atoms with E-state index < -0.39 is 24.4 Å². The highest BCUT2D eigenvalue weighted by atomic mass is 16.7. The van der Waals surface area contributed by atoms with Crippen molar-refractivity contribution in [3.8, 4) is 0 Å². The van der Waals surface area contributed by atoms with Crippen LogP contribution in [-0.2, 0) is 36.8 Å². The molecule has 1 amide bonds. The highest BCUT2D eigenvalue weighted by molar-refractivity contribution is 5.81. The van der Waals surface area contributed by atoms with Crippen molar-refractivity contribution in [3.05, 3.63) is 71.3 Å². The van der Waals surface area contributed by atoms with Crippen LogP contribution in [0.3, 0.4) is 0 Å². The van der Waals surface area contributed by atoms with E-state index in [2.05, 4.69) is 5.32 Å². The quantitative estimate of drug-likeness (QED) is 0.526. The summed E-state index contributed by atoms with van der Waals surface area (Å²) in [6.45, 7) is 0.116. The molecule has 2 aromatic rings. The third-order valence-corrected chi connectivity index (χ3v) is 4.11. The van der Waals surface area contributed by atoms with Crippen LogP contribution >= 0.6 is 0 Å². The molecule has 0 aliphatic carbocycles. The van der Waals surface area contributed by atoms with Crippen molar-refractivity contribution >= 4 is 12.1 Å². The largest absolute Gasteiger partial charge is 0.467 e. The van der Waals surface area contributed by atoms with Gasteiger partial charge in [-0.15, -0.1) is 0 Å². The van der Waals surface area contributed by atoms with E-state index in [1.807, 2.05) is 54.6 Å². The SMILES string of the molecule is COC(=O)[C@H](Cc1ccc(C(OC)OC)cc1)NC(=O)OCc1ccccc1. The van der Waals surface area contributed by atoms with Crippen LogP contribution in [0, 0.1) is 0 Å². The Morgan fingerprint density at radius 1 is 0.893 bits per heavy atom. The topological polar surface area (TPSA) is 83.1 Å². The van der Waals surface area contributed by atoms with Crippen molar-refractivity contribution in [3.63, 3.8) is 0 Å². The van der Waals surface area contributed by atoms with Gasteiger partial charge in [-0.1, -0.05) is 54.6 Å². The van der Waals surface area contributed by atoms with Gasteiger partial charge >= 0.3 is 12.1 Å². The molecule has 0 saturated carbocycles. The van der Waals surface area contributed by atoms with E-state index in [9.17, 15) is 9.59 Å². The van der Waals surface area contributed by atoms with Crippen LogP contribution in [0.15, 0.2) is 54.6 Å². The Bertz CT molecular complexity index is 743. The van der Waals surface area contributed by atoms with E-state index in [-0.39, 0.29) is 13.0 Å². The molecule has 0 aliphatic heterocycles. The predicted octanol–water partition coefficient (Wildman–Crippen LogP) is 2.99. The first-order valence-corrected chi connectivity index (χ1v) is 8.76. The van der Waals surface area contributed by atoms with Crippen molar-refractivity contribution in [1.82, 2.24) is 5.32 Å². The number of carbonyl (C=O) groups excluding carboxylic acids is 2. The fraction of sp³-hybridized carbons (Fsp3) is 0.333. The molecule has 2 aromatic carbocycles. The lowest BCUT2D eigenvalue weighted by Crippen LogP contribution is -2.43. The van der Waals surface area contributed by atoms with Gasteiger partial charge in [0.2, 0.25) is 0 Å². The van der Waals surface area contributed by atoms with Crippen LogP contribution in [-0.4, -0.2) is 39.4 Å². The number of carbonyl (C=O) groups is 2. The summed E-state index contributed by atoms with van der Waals surface area (Å²) in [5.41, 5.74) is 2.54. The van der Waals surface area contributed by atoms with E-state index in [0.717, 1.165) is 16.7 Å². The van der Waals surface area contributed by atoms with Crippen LogP contribution in [0.1, 0.15) is 23.0 Å². The van der Waals surface area contributed by atoms with Crippen molar-refractivity contribution in [2.45, 2.75) is 25.4 Å². The number of rotatable bonds is 9. The Balaban J connectivity index is 1.97. The predicted molar refractivity (Wildman–Crippen MR) is 102 cm³/mol. The summed E-state index contributed by atoms with van der Waals surface area (Å²) in [7, 11) is 4.39. The molecule has 0 unspecified atom stereocenters. The Morgan fingerprint density at radius 3 is 2.11 bits per heavy atom. The number of hydrogen-bond donors (Lipinski definition) is 1. The molecule has 0 heterocycles. The van der Waals surface area contributed by atoms with Gasteiger partial charge in [0.15, 0.2) is 6.29 Å². The standard InChI is InChI=1S/C21H25NO6/c1-25-19(23)18(22-21(24)28-14-16-7-5-4-6-8-16)13-15-9-11-17(12-10-15)20(26-2)27-3/h4-12,18,20H,13-14H2,1-3H3,(H,22,24)/t18-/m0/s1. The lowest BCUT2D eigenvalue weighted by molar-refractivity contribution is -0.143. The fourth-order valence-electron chi connectivity index (χ4n) is 2.66. The van der Waals surface area contributed by atoms with E-state index in [0.29, 0.717) is 0 Å². The lowest BCUT2D eigenvalue weighted by atomic mass is 10.0. The molecular formula is C21H25NO6. The van der Waals surface area contributed by atoms with Crippen LogP contribution in [0.5, 0.6) is 0 Å². The number of alkyl carbamates (subject to hydrolysis) is 1. The molecule has 1 N–H and O–H groups in total. The average Bonchev–Trinajstić information content (AvgIpc) is 2.74. The van der Waals surface area contributed by atoms with Crippen molar-refractivity contribution in [1.29, 1.82) is 0 Å². The van der Waals surface area contributed by atoms with Crippen LogP contribution in [0.25, 0.3) is 0 Å². The van der Waals surface area contributed by atoms with Crippen molar-refractivity contribution in [2.75, 3.05) is 21.3 Å². The number of hydrogen-bond acceptors (Lipinski definition) is 6. The van der Waals surface area contributed by atoms with Crippen LogP contribution < -0.4 is 5.32 Å². The summed E-state index contributed by atoms with van der Waals surface area (Å²) in [4.78, 5) is 24.1. The first-order valence-electron chi connectivity index (χ1n) is 8.76. The number of methoxy groups -OCH3 is 3. The molecule has 1 atom stereocenters. The van der Waals surface area contributed by atoms with Crippen LogP contribution in [0.4, 0.5) is 4.79 Å². The second-order valence-corrected chi connectivity index (χ2v) is 6.03. The van der Waals surface area contributed by atoms with E-state index in [4.69, 9.17) is 18.9 Å². The monoisotopic (exact) mass is 387 g/mol. The number of ether oxygens (including phenoxy) is 4. The number of amides is 1. The van der Waals surface area contributed by atoms with Gasteiger partial charge in [0, 0.05) is 26.2 Å². The van der Waals surface area contributed by atoms with Gasteiger partial charge in [-0.2, -0.15) is 0 Å². The maximum atomic E-state index is 12.1. The second-order valence-electron chi connectivity index (χ2n) is 6.03. The van der Waals surface area contributed by atoms with Gasteiger partial charge in [-0.25, -0.2) is 9.59 Å². The summed E-state index contributed by atoms with van der Waals surface area (Å²) in [6, 6.07) is 15.8. The summed E-state index contributed by atoms with van der Waals surface area (Å²) < 4.78 is 20.4. The Labute approximate surface area is 164 Å². The zero-order valence-corrected chi connectivity index (χ0v) is 16.2. The number of esters is 1. The molecule has 0 aromatic heterocycles. The molecule has 0 radical (unpaired) electrons. The Hall–Kier alpha value is -2.90. The minimum atomic E-state index is -0.861. The van der Waals surface area contributed by atoms with Gasteiger partial charge in [0.1, 0.15) is 12.6 Å². The Kier molecular flexibility index (Phi) is 8.45. The minimum absolute atomic E-state index is 0.116. The molecule has 0 spiro atoms. The Morgan fingerprint density at radius 2 is 1.54 bits per heavy atom. The molecule has 7 nitrogen and oxygen atoms in total. The van der Waals surface area contributed by atoms with Gasteiger partial charge in [0.05, 0.1) is 7.11 Å². The number of nitrogens with one attached hydrogen (secondary N) is 1. The molecule has 0 fully saturated rings. The maximum absolute atomic E-state index is 12.1. The molecular weight excluding hydrogens is 362 g/mol. The normalized spacial score (nSPS) is 11.7. The van der Waals surface area contributed by atoms with Gasteiger partial charge < -0.3 is 24.3 Å². The molecule has 7 heteroatoms. The van der Waals surface area contributed by atoms with Crippen molar-refractivity contribution in [2.24, 2.45) is 0 Å². The zero-order valence-electron chi connectivity index (χ0n) is 16.2. The summed E-state index contributed by atoms with van der Waals surface area (Å²) >= 11 is 0. The second kappa shape index (κ2) is 11.1.